The third-order valence-electron chi connectivity index (χ3n) is 12.5. The summed E-state index contributed by atoms with van der Waals surface area (Å²) in [6.45, 7) is 0. The fourth-order valence-corrected chi connectivity index (χ4v) is 10.0. The summed E-state index contributed by atoms with van der Waals surface area (Å²) in [6.07, 6.45) is 2.14. The molecule has 1 saturated carbocycles. The number of nitrogens with zero attached hydrogens (tertiary/aromatic N) is 3. The molecule has 3 heterocycles. The zero-order valence-corrected chi connectivity index (χ0v) is 32.1. The number of hydrazine groups is 1. The number of benzene rings is 5. The Morgan fingerprint density at radius 1 is 0.881 bits per heavy atom. The van der Waals surface area contributed by atoms with Gasteiger partial charge in [-0.15, -0.1) is 0 Å². The van der Waals surface area contributed by atoms with Crippen molar-refractivity contribution in [3.8, 4) is 23.0 Å². The lowest BCUT2D eigenvalue weighted by Gasteiger charge is -2.50. The fraction of sp³-hybridized carbons (Fsp3) is 0.196. The fourth-order valence-electron chi connectivity index (χ4n) is 9.90. The van der Waals surface area contributed by atoms with Crippen molar-refractivity contribution < 1.29 is 37.8 Å². The van der Waals surface area contributed by atoms with Crippen LogP contribution in [0.2, 0.25) is 5.02 Å². The van der Waals surface area contributed by atoms with Crippen LogP contribution in [0.25, 0.3) is 22.6 Å². The van der Waals surface area contributed by atoms with Gasteiger partial charge < -0.3 is 14.3 Å². The molecule has 0 radical (unpaired) electrons. The van der Waals surface area contributed by atoms with E-state index in [4.69, 9.17) is 20.8 Å². The average molecular weight is 809 g/mol. The van der Waals surface area contributed by atoms with Crippen LogP contribution in [-0.2, 0) is 24.6 Å². The maximum Gasteiger partial charge on any atom is 0.260 e. The number of methoxy groups -OCH3 is 1. The average Bonchev–Trinajstić information content (AvgIpc) is 3.86. The summed E-state index contributed by atoms with van der Waals surface area (Å²) < 4.78 is 25.3. The highest BCUT2D eigenvalue weighted by Crippen LogP contribution is 2.65. The van der Waals surface area contributed by atoms with Gasteiger partial charge in [-0.25, -0.2) is 9.37 Å². The number of hydrogen-bond acceptors (Lipinski definition) is 9. The van der Waals surface area contributed by atoms with Crippen molar-refractivity contribution in [1.29, 1.82) is 0 Å². The standard InChI is InChI=1S/C46H34ClFN4O7/c1-58-30-18-19-32(37(53)22-30)40-31-20-21-33-39(44(56)51(42(33)54)29-16-6-24(7-17-29)41-49-36-4-2-3-5-38(36)59-41)34(31)23-35-43(55)52(50-28-14-12-27(48)13-15-28)45(57)46(35,40)25-8-10-26(47)11-9-25/h2-20,22,33-35,39-40,50,53H,21,23H2,1H3/t33-,34+,35-,39-,40+,46+/m0/s1. The first-order chi connectivity index (χ1) is 28.6. The first-order valence-electron chi connectivity index (χ1n) is 19.2. The molecule has 5 aromatic carbocycles. The number of carbonyl (C=O) groups excluding carboxylic acids is 4. The van der Waals surface area contributed by atoms with Gasteiger partial charge in [0.2, 0.25) is 17.7 Å². The zero-order chi connectivity index (χ0) is 40.7. The van der Waals surface area contributed by atoms with E-state index in [9.17, 15) is 23.9 Å². The van der Waals surface area contributed by atoms with E-state index in [0.717, 1.165) is 5.01 Å². The van der Waals surface area contributed by atoms with Crippen LogP contribution in [0.3, 0.4) is 0 Å². The summed E-state index contributed by atoms with van der Waals surface area (Å²) in [5.74, 6) is -6.19. The molecule has 6 aromatic rings. The molecule has 0 bridgehead atoms. The first-order valence-corrected chi connectivity index (χ1v) is 19.5. The summed E-state index contributed by atoms with van der Waals surface area (Å²) in [6, 6.07) is 31.0. The molecule has 10 rings (SSSR count). The van der Waals surface area contributed by atoms with Gasteiger partial charge in [0.15, 0.2) is 5.58 Å². The number of ether oxygens (including phenoxy) is 1. The Balaban J connectivity index is 1.09. The predicted molar refractivity (Wildman–Crippen MR) is 216 cm³/mol. The SMILES string of the molecule is COc1ccc([C@H]2C3=CC[C@@H]4C(=O)N(c5ccc(-c6nc7ccccc7o6)cc5)C(=O)[C@@H]4[C@@H]3C[C@H]3C(=O)N(Nc4ccc(F)cc4)C(=O)[C@@]23c2ccc(Cl)cc2)c(O)c1. The Morgan fingerprint density at radius 2 is 1.63 bits per heavy atom. The monoisotopic (exact) mass is 808 g/mol. The molecule has 13 heteroatoms. The van der Waals surface area contributed by atoms with Crippen molar-refractivity contribution in [3.63, 3.8) is 0 Å². The minimum Gasteiger partial charge on any atom is -0.508 e. The lowest BCUT2D eigenvalue weighted by molar-refractivity contribution is -0.138. The third kappa shape index (κ3) is 5.50. The minimum atomic E-state index is -1.65. The van der Waals surface area contributed by atoms with Crippen LogP contribution in [0.4, 0.5) is 15.8 Å². The van der Waals surface area contributed by atoms with Gasteiger partial charge in [-0.1, -0.05) is 53.6 Å². The van der Waals surface area contributed by atoms with Crippen LogP contribution in [0.1, 0.15) is 29.9 Å². The molecule has 3 fully saturated rings. The van der Waals surface area contributed by atoms with E-state index in [2.05, 4.69) is 10.4 Å². The number of phenols is 1. The van der Waals surface area contributed by atoms with Crippen molar-refractivity contribution in [2.24, 2.45) is 23.7 Å². The van der Waals surface area contributed by atoms with E-state index >= 15 is 4.79 Å². The smallest absolute Gasteiger partial charge is 0.260 e. The van der Waals surface area contributed by atoms with Gasteiger partial charge in [0.05, 0.1) is 41.7 Å². The Kier molecular flexibility index (Phi) is 8.46. The molecule has 1 aromatic heterocycles. The highest BCUT2D eigenvalue weighted by atomic mass is 35.5. The third-order valence-corrected chi connectivity index (χ3v) is 12.7. The lowest BCUT2D eigenvalue weighted by atomic mass is 9.49. The molecule has 0 spiro atoms. The van der Waals surface area contributed by atoms with Gasteiger partial charge in [0.1, 0.15) is 22.8 Å². The number of amides is 4. The topological polar surface area (TPSA) is 142 Å². The minimum absolute atomic E-state index is 0.0404. The molecule has 4 amide bonds. The van der Waals surface area contributed by atoms with Crippen molar-refractivity contribution in [2.45, 2.75) is 24.2 Å². The number of fused-ring (bicyclic) bond motifs is 5. The second kappa shape index (κ2) is 13.7. The second-order valence-electron chi connectivity index (χ2n) is 15.3. The van der Waals surface area contributed by atoms with Crippen LogP contribution < -0.4 is 15.1 Å². The molecule has 2 aliphatic heterocycles. The first kappa shape index (κ1) is 36.5. The molecule has 6 atom stereocenters. The maximum atomic E-state index is 15.3. The van der Waals surface area contributed by atoms with E-state index in [1.807, 2.05) is 30.3 Å². The van der Waals surface area contributed by atoms with Crippen LogP contribution in [0.15, 0.2) is 131 Å². The summed E-state index contributed by atoms with van der Waals surface area (Å²) in [5, 5.41) is 13.1. The zero-order valence-electron chi connectivity index (χ0n) is 31.3. The number of carbonyl (C=O) groups is 4. The molecule has 4 aliphatic rings. The van der Waals surface area contributed by atoms with Crippen molar-refractivity contribution in [2.75, 3.05) is 17.4 Å². The van der Waals surface area contributed by atoms with Crippen LogP contribution in [0.5, 0.6) is 11.5 Å². The number of halogens is 2. The van der Waals surface area contributed by atoms with Gasteiger partial charge in [-0.2, -0.15) is 5.01 Å². The number of aromatic nitrogens is 1. The van der Waals surface area contributed by atoms with E-state index < -0.39 is 58.5 Å². The molecule has 294 valence electrons. The van der Waals surface area contributed by atoms with E-state index in [1.54, 1.807) is 60.7 Å². The van der Waals surface area contributed by atoms with Crippen LogP contribution in [-0.4, -0.2) is 45.8 Å². The largest absolute Gasteiger partial charge is 0.508 e. The molecule has 11 nitrogen and oxygen atoms in total. The highest BCUT2D eigenvalue weighted by Gasteiger charge is 2.70. The molecular weight excluding hydrogens is 775 g/mol. The summed E-state index contributed by atoms with van der Waals surface area (Å²) in [5.41, 5.74) is 5.45. The molecule has 2 aliphatic carbocycles. The van der Waals surface area contributed by atoms with E-state index in [-0.39, 0.29) is 24.5 Å². The number of aromatic hydroxyl groups is 1. The van der Waals surface area contributed by atoms with Crippen molar-refractivity contribution >= 4 is 57.7 Å². The number of allylic oxidation sites excluding steroid dienone is 2. The lowest BCUT2D eigenvalue weighted by Crippen LogP contribution is -2.53. The number of hydrogen-bond donors (Lipinski definition) is 2. The van der Waals surface area contributed by atoms with Gasteiger partial charge in [-0.3, -0.25) is 29.5 Å². The highest BCUT2D eigenvalue weighted by molar-refractivity contribution is 6.30. The number of imide groups is 2. The number of oxazole rings is 1. The van der Waals surface area contributed by atoms with Crippen LogP contribution in [0, 0.1) is 29.5 Å². The summed E-state index contributed by atoms with van der Waals surface area (Å²) >= 11 is 6.39. The maximum absolute atomic E-state index is 15.3. The van der Waals surface area contributed by atoms with E-state index in [1.165, 1.54) is 42.3 Å². The Bertz CT molecular complexity index is 2720. The van der Waals surface area contributed by atoms with Crippen molar-refractivity contribution in [3.05, 3.63) is 149 Å². The summed E-state index contributed by atoms with van der Waals surface area (Å²) in [7, 11) is 1.47. The van der Waals surface area contributed by atoms with Gasteiger partial charge in [0.25, 0.3) is 11.8 Å². The molecule has 2 saturated heterocycles. The molecule has 0 unspecified atom stereocenters. The normalized spacial score (nSPS) is 24.9. The predicted octanol–water partition coefficient (Wildman–Crippen LogP) is 8.19. The number of phenolic OH excluding ortho intramolecular Hbond substituents is 1. The number of rotatable bonds is 7. The molecule has 59 heavy (non-hydrogen) atoms. The van der Waals surface area contributed by atoms with Gasteiger partial charge in [-0.05, 0) is 103 Å². The quantitative estimate of drug-likeness (QED) is 0.121. The number of para-hydroxylation sites is 2. The molecule has 2 N–H and O–H groups in total. The number of nitrogens with one attached hydrogen (secondary N) is 1. The molecular formula is C46H34ClFN4O7. The van der Waals surface area contributed by atoms with Crippen molar-refractivity contribution in [1.82, 2.24) is 9.99 Å². The second-order valence-corrected chi connectivity index (χ2v) is 15.8. The van der Waals surface area contributed by atoms with Gasteiger partial charge >= 0.3 is 0 Å². The Hall–Kier alpha value is -6.79. The van der Waals surface area contributed by atoms with Crippen LogP contribution >= 0.6 is 11.6 Å². The Labute approximate surface area is 341 Å². The van der Waals surface area contributed by atoms with Gasteiger partial charge in [0, 0.05) is 28.1 Å². The van der Waals surface area contributed by atoms with E-state index in [0.29, 0.717) is 61.4 Å². The summed E-state index contributed by atoms with van der Waals surface area (Å²) in [4.78, 5) is 65.1. The number of anilines is 2. The Morgan fingerprint density at radius 3 is 2.34 bits per heavy atom.